The van der Waals surface area contributed by atoms with Crippen LogP contribution >= 0.6 is 22.9 Å². The van der Waals surface area contributed by atoms with Crippen molar-refractivity contribution < 1.29 is 0 Å². The van der Waals surface area contributed by atoms with Gasteiger partial charge in [0.25, 0.3) is 0 Å². The first-order chi connectivity index (χ1) is 10.1. The zero-order valence-electron chi connectivity index (χ0n) is 12.4. The van der Waals surface area contributed by atoms with Crippen LogP contribution < -0.4 is 0 Å². The van der Waals surface area contributed by atoms with Crippen molar-refractivity contribution in [3.8, 4) is 0 Å². The minimum Gasteiger partial charge on any atom is -0.317 e. The second kappa shape index (κ2) is 5.78. The van der Waals surface area contributed by atoms with Crippen molar-refractivity contribution >= 4 is 34.0 Å². The van der Waals surface area contributed by atoms with Crippen molar-refractivity contribution in [2.75, 3.05) is 0 Å². The SMILES string of the molecule is CCC(c1nccs1)n1c(C(C)Cl)nc2cc(C)ccc21. The highest BCUT2D eigenvalue weighted by atomic mass is 35.5. The van der Waals surface area contributed by atoms with E-state index in [1.807, 2.05) is 18.5 Å². The molecule has 0 radical (unpaired) electrons. The zero-order valence-corrected chi connectivity index (χ0v) is 13.9. The summed E-state index contributed by atoms with van der Waals surface area (Å²) in [6.07, 6.45) is 2.82. The van der Waals surface area contributed by atoms with E-state index in [-0.39, 0.29) is 11.4 Å². The van der Waals surface area contributed by atoms with Crippen LogP contribution in [-0.4, -0.2) is 14.5 Å². The van der Waals surface area contributed by atoms with Gasteiger partial charge in [0.15, 0.2) is 0 Å². The van der Waals surface area contributed by atoms with Gasteiger partial charge in [0.05, 0.1) is 22.5 Å². The molecule has 0 N–H and O–H groups in total. The molecule has 110 valence electrons. The van der Waals surface area contributed by atoms with Crippen LogP contribution in [0.4, 0.5) is 0 Å². The van der Waals surface area contributed by atoms with Gasteiger partial charge in [-0.15, -0.1) is 22.9 Å². The van der Waals surface area contributed by atoms with Gasteiger partial charge in [-0.3, -0.25) is 0 Å². The van der Waals surface area contributed by atoms with Crippen LogP contribution in [0.1, 0.15) is 48.1 Å². The smallest absolute Gasteiger partial charge is 0.128 e. The van der Waals surface area contributed by atoms with Gasteiger partial charge in [0.1, 0.15) is 10.8 Å². The molecule has 3 aromatic rings. The predicted molar refractivity (Wildman–Crippen MR) is 89.3 cm³/mol. The summed E-state index contributed by atoms with van der Waals surface area (Å²) in [5.41, 5.74) is 3.35. The molecular formula is C16H18ClN3S. The van der Waals surface area contributed by atoms with Crippen molar-refractivity contribution in [3.63, 3.8) is 0 Å². The summed E-state index contributed by atoms with van der Waals surface area (Å²) in [5.74, 6) is 0.916. The van der Waals surface area contributed by atoms with Crippen LogP contribution in [0.5, 0.6) is 0 Å². The maximum Gasteiger partial charge on any atom is 0.128 e. The van der Waals surface area contributed by atoms with E-state index in [4.69, 9.17) is 16.6 Å². The fourth-order valence-corrected chi connectivity index (χ4v) is 3.67. The lowest BCUT2D eigenvalue weighted by Crippen LogP contribution is -2.13. The molecule has 0 spiro atoms. The number of imidazole rings is 1. The lowest BCUT2D eigenvalue weighted by atomic mass is 10.2. The number of alkyl halides is 1. The Kier molecular flexibility index (Phi) is 4.00. The highest BCUT2D eigenvalue weighted by Crippen LogP contribution is 2.33. The summed E-state index contributed by atoms with van der Waals surface area (Å²) in [6, 6.07) is 6.56. The lowest BCUT2D eigenvalue weighted by Gasteiger charge is -2.19. The quantitative estimate of drug-likeness (QED) is 0.626. The molecule has 0 bridgehead atoms. The third-order valence-corrected chi connectivity index (χ3v) is 4.73. The Morgan fingerprint density at radius 3 is 2.81 bits per heavy atom. The van der Waals surface area contributed by atoms with E-state index in [9.17, 15) is 0 Å². The van der Waals surface area contributed by atoms with E-state index < -0.39 is 0 Å². The molecular weight excluding hydrogens is 302 g/mol. The number of nitrogens with zero attached hydrogens (tertiary/aromatic N) is 3. The van der Waals surface area contributed by atoms with E-state index >= 15 is 0 Å². The average Bonchev–Trinajstić information content (AvgIpc) is 3.08. The predicted octanol–water partition coefficient (Wildman–Crippen LogP) is 5.10. The third kappa shape index (κ3) is 2.58. The standard InChI is InChI=1S/C16H18ClN3S/c1-4-13(16-18-7-8-21-16)20-14-6-5-10(2)9-12(14)19-15(20)11(3)17/h5-9,11,13H,4H2,1-3H3. The fourth-order valence-electron chi connectivity index (χ4n) is 2.70. The Morgan fingerprint density at radius 2 is 2.19 bits per heavy atom. The number of aryl methyl sites for hydroxylation is 1. The zero-order chi connectivity index (χ0) is 15.0. The van der Waals surface area contributed by atoms with Gasteiger partial charge in [0, 0.05) is 11.6 Å². The first kappa shape index (κ1) is 14.5. The molecule has 2 aromatic heterocycles. The normalized spacial score (nSPS) is 14.5. The minimum absolute atomic E-state index is 0.133. The van der Waals surface area contributed by atoms with Gasteiger partial charge in [0.2, 0.25) is 0 Å². The number of fused-ring (bicyclic) bond motifs is 1. The summed E-state index contributed by atoms with van der Waals surface area (Å²) < 4.78 is 2.26. The number of aromatic nitrogens is 3. The molecule has 0 saturated heterocycles. The Bertz CT molecular complexity index is 746. The number of hydrogen-bond donors (Lipinski definition) is 0. The van der Waals surface area contributed by atoms with Gasteiger partial charge >= 0.3 is 0 Å². The molecule has 0 aliphatic heterocycles. The second-order valence-electron chi connectivity index (χ2n) is 5.24. The van der Waals surface area contributed by atoms with Gasteiger partial charge in [-0.05, 0) is 38.0 Å². The summed E-state index contributed by atoms with van der Waals surface area (Å²) in [5, 5.41) is 2.99. The molecule has 0 aliphatic carbocycles. The van der Waals surface area contributed by atoms with Gasteiger partial charge in [-0.25, -0.2) is 9.97 Å². The van der Waals surface area contributed by atoms with E-state index in [1.165, 1.54) is 5.56 Å². The van der Waals surface area contributed by atoms with Crippen LogP contribution in [0.2, 0.25) is 0 Å². The molecule has 0 fully saturated rings. The van der Waals surface area contributed by atoms with Crippen molar-refractivity contribution in [2.45, 2.75) is 38.6 Å². The molecule has 2 unspecified atom stereocenters. The van der Waals surface area contributed by atoms with Gasteiger partial charge in [-0.2, -0.15) is 0 Å². The Labute approximate surface area is 133 Å². The monoisotopic (exact) mass is 319 g/mol. The van der Waals surface area contributed by atoms with Crippen LogP contribution in [-0.2, 0) is 0 Å². The summed E-state index contributed by atoms with van der Waals surface area (Å²) >= 11 is 8.06. The first-order valence-electron chi connectivity index (χ1n) is 7.13. The largest absolute Gasteiger partial charge is 0.317 e. The van der Waals surface area contributed by atoms with Crippen LogP contribution in [0.15, 0.2) is 29.8 Å². The van der Waals surface area contributed by atoms with Crippen LogP contribution in [0.25, 0.3) is 11.0 Å². The summed E-state index contributed by atoms with van der Waals surface area (Å²) in [4.78, 5) is 9.25. The molecule has 0 saturated carbocycles. The average molecular weight is 320 g/mol. The molecule has 21 heavy (non-hydrogen) atoms. The van der Waals surface area contributed by atoms with Crippen molar-refractivity contribution in [2.24, 2.45) is 0 Å². The van der Waals surface area contributed by atoms with Crippen molar-refractivity contribution in [1.82, 2.24) is 14.5 Å². The molecule has 3 nitrogen and oxygen atoms in total. The number of halogens is 1. The molecule has 0 amide bonds. The van der Waals surface area contributed by atoms with Crippen LogP contribution in [0.3, 0.4) is 0 Å². The molecule has 2 heterocycles. The Morgan fingerprint density at radius 1 is 1.38 bits per heavy atom. The molecule has 3 rings (SSSR count). The van der Waals surface area contributed by atoms with E-state index in [0.717, 1.165) is 28.3 Å². The van der Waals surface area contributed by atoms with Gasteiger partial charge < -0.3 is 4.57 Å². The van der Waals surface area contributed by atoms with E-state index in [1.54, 1.807) is 11.3 Å². The summed E-state index contributed by atoms with van der Waals surface area (Å²) in [6.45, 7) is 6.23. The van der Waals surface area contributed by atoms with Gasteiger partial charge in [-0.1, -0.05) is 13.0 Å². The number of hydrogen-bond acceptors (Lipinski definition) is 3. The van der Waals surface area contributed by atoms with E-state index in [0.29, 0.717) is 0 Å². The summed E-state index contributed by atoms with van der Waals surface area (Å²) in [7, 11) is 0. The number of thiazole rings is 1. The highest BCUT2D eigenvalue weighted by Gasteiger charge is 2.23. The maximum atomic E-state index is 6.38. The molecule has 1 aromatic carbocycles. The third-order valence-electron chi connectivity index (χ3n) is 3.66. The maximum absolute atomic E-state index is 6.38. The second-order valence-corrected chi connectivity index (χ2v) is 6.82. The molecule has 5 heteroatoms. The number of rotatable bonds is 4. The fraction of sp³-hybridized carbons (Fsp3) is 0.375. The molecule has 2 atom stereocenters. The first-order valence-corrected chi connectivity index (χ1v) is 8.45. The lowest BCUT2D eigenvalue weighted by molar-refractivity contribution is 0.552. The topological polar surface area (TPSA) is 30.7 Å². The molecule has 0 aliphatic rings. The van der Waals surface area contributed by atoms with Crippen LogP contribution in [0, 0.1) is 6.92 Å². The highest BCUT2D eigenvalue weighted by molar-refractivity contribution is 7.09. The Hall–Kier alpha value is -1.39. The van der Waals surface area contributed by atoms with E-state index in [2.05, 4.69) is 41.6 Å². The minimum atomic E-state index is -0.133. The Balaban J connectivity index is 2.26. The number of benzene rings is 1. The van der Waals surface area contributed by atoms with Crippen molar-refractivity contribution in [3.05, 3.63) is 46.2 Å². The van der Waals surface area contributed by atoms with Crippen molar-refractivity contribution in [1.29, 1.82) is 0 Å².